The third kappa shape index (κ3) is 1.52. The number of aromatic amines is 1. The summed E-state index contributed by atoms with van der Waals surface area (Å²) in [5.41, 5.74) is 6.02. The molecule has 0 aromatic carbocycles. The first kappa shape index (κ1) is 7.65. The number of aromatic nitrogens is 1. The van der Waals surface area contributed by atoms with E-state index in [9.17, 15) is 4.79 Å². The second-order valence-corrected chi connectivity index (χ2v) is 2.52. The van der Waals surface area contributed by atoms with Crippen molar-refractivity contribution in [3.8, 4) is 0 Å². The van der Waals surface area contributed by atoms with Crippen LogP contribution in [0.15, 0.2) is 16.9 Å². The van der Waals surface area contributed by atoms with Gasteiger partial charge in [0.15, 0.2) is 0 Å². The van der Waals surface area contributed by atoms with Gasteiger partial charge in [0, 0.05) is 20.2 Å². The topological polar surface area (TPSA) is 62.1 Å². The van der Waals surface area contributed by atoms with Gasteiger partial charge in [-0.25, -0.2) is 0 Å². The van der Waals surface area contributed by atoms with Crippen molar-refractivity contribution >= 4 is 11.5 Å². The van der Waals surface area contributed by atoms with E-state index in [0.717, 1.165) is 0 Å². The summed E-state index contributed by atoms with van der Waals surface area (Å²) in [4.78, 5) is 15.2. The highest BCUT2D eigenvalue weighted by molar-refractivity contribution is 5.61. The van der Waals surface area contributed by atoms with Crippen LogP contribution >= 0.6 is 0 Å². The lowest BCUT2D eigenvalue weighted by Gasteiger charge is -2.13. The zero-order valence-electron chi connectivity index (χ0n) is 6.59. The molecule has 0 atom stereocenters. The Morgan fingerprint density at radius 2 is 2.09 bits per heavy atom. The molecular weight excluding hydrogens is 142 g/mol. The van der Waals surface area contributed by atoms with Crippen LogP contribution in [0.1, 0.15) is 0 Å². The third-order valence-corrected chi connectivity index (χ3v) is 1.38. The molecule has 4 nitrogen and oxygen atoms in total. The van der Waals surface area contributed by atoms with E-state index in [1.54, 1.807) is 11.0 Å². The van der Waals surface area contributed by atoms with E-state index in [-0.39, 0.29) is 5.56 Å². The van der Waals surface area contributed by atoms with Crippen molar-refractivity contribution in [3.05, 3.63) is 22.5 Å². The van der Waals surface area contributed by atoms with Crippen LogP contribution in [0.2, 0.25) is 0 Å². The average Bonchev–Trinajstić information content (AvgIpc) is 1.94. The summed E-state index contributed by atoms with van der Waals surface area (Å²) in [5, 5.41) is 0. The molecule has 1 heterocycles. The van der Waals surface area contributed by atoms with Crippen LogP contribution in [0, 0.1) is 0 Å². The summed E-state index contributed by atoms with van der Waals surface area (Å²) in [6, 6.07) is 3.00. The second-order valence-electron chi connectivity index (χ2n) is 2.52. The Labute approximate surface area is 64.6 Å². The molecule has 0 saturated carbocycles. The minimum absolute atomic E-state index is 0.136. The highest BCUT2D eigenvalue weighted by atomic mass is 16.1. The van der Waals surface area contributed by atoms with Gasteiger partial charge < -0.3 is 15.6 Å². The van der Waals surface area contributed by atoms with Crippen molar-refractivity contribution in [2.45, 2.75) is 0 Å². The zero-order valence-corrected chi connectivity index (χ0v) is 6.59. The maximum Gasteiger partial charge on any atom is 0.249 e. The molecule has 1 aromatic rings. The van der Waals surface area contributed by atoms with Crippen molar-refractivity contribution in [3.63, 3.8) is 0 Å². The maximum absolute atomic E-state index is 10.8. The first-order valence-corrected chi connectivity index (χ1v) is 3.27. The van der Waals surface area contributed by atoms with E-state index in [0.29, 0.717) is 11.5 Å². The summed E-state index contributed by atoms with van der Waals surface area (Å²) < 4.78 is 0. The smallest absolute Gasteiger partial charge is 0.249 e. The number of nitrogens with one attached hydrogen (secondary N) is 1. The maximum atomic E-state index is 10.8. The third-order valence-electron chi connectivity index (χ3n) is 1.38. The lowest BCUT2D eigenvalue weighted by atomic mass is 10.4. The molecule has 3 N–H and O–H groups in total. The molecule has 0 spiro atoms. The van der Waals surface area contributed by atoms with Gasteiger partial charge in [0.25, 0.3) is 0 Å². The van der Waals surface area contributed by atoms with E-state index in [1.807, 2.05) is 14.1 Å². The fraction of sp³-hybridized carbons (Fsp3) is 0.286. The van der Waals surface area contributed by atoms with Gasteiger partial charge in [0.05, 0.1) is 5.69 Å². The van der Waals surface area contributed by atoms with Crippen LogP contribution < -0.4 is 16.2 Å². The van der Waals surface area contributed by atoms with Crippen molar-refractivity contribution in [1.29, 1.82) is 0 Å². The van der Waals surface area contributed by atoms with Gasteiger partial charge in [-0.1, -0.05) is 0 Å². The van der Waals surface area contributed by atoms with Crippen LogP contribution in [0.3, 0.4) is 0 Å². The predicted molar refractivity (Wildman–Crippen MR) is 45.8 cm³/mol. The van der Waals surface area contributed by atoms with Crippen molar-refractivity contribution in [2.75, 3.05) is 24.7 Å². The highest BCUT2D eigenvalue weighted by Gasteiger charge is 1.99. The Bertz CT molecular complexity index is 303. The molecule has 11 heavy (non-hydrogen) atoms. The van der Waals surface area contributed by atoms with Crippen molar-refractivity contribution in [1.82, 2.24) is 4.98 Å². The SMILES string of the molecule is CN(C)c1[nH]c(=O)ccc1N. The van der Waals surface area contributed by atoms with E-state index in [2.05, 4.69) is 4.98 Å². The van der Waals surface area contributed by atoms with Gasteiger partial charge in [0.2, 0.25) is 5.56 Å². The Hall–Kier alpha value is -1.45. The van der Waals surface area contributed by atoms with Crippen LogP contribution in [0.25, 0.3) is 0 Å². The quantitative estimate of drug-likeness (QED) is 0.598. The Morgan fingerprint density at radius 1 is 1.45 bits per heavy atom. The van der Waals surface area contributed by atoms with Crippen molar-refractivity contribution < 1.29 is 0 Å². The summed E-state index contributed by atoms with van der Waals surface area (Å²) in [5.74, 6) is 0.650. The minimum Gasteiger partial charge on any atom is -0.396 e. The minimum atomic E-state index is -0.136. The van der Waals surface area contributed by atoms with Crippen LogP contribution in [0.4, 0.5) is 11.5 Å². The van der Waals surface area contributed by atoms with Gasteiger partial charge >= 0.3 is 0 Å². The molecular formula is C7H11N3O. The van der Waals surface area contributed by atoms with E-state index < -0.39 is 0 Å². The summed E-state index contributed by atoms with van der Waals surface area (Å²) in [7, 11) is 3.64. The van der Waals surface area contributed by atoms with Crippen LogP contribution in [-0.2, 0) is 0 Å². The van der Waals surface area contributed by atoms with Gasteiger partial charge in [-0.15, -0.1) is 0 Å². The Morgan fingerprint density at radius 3 is 2.55 bits per heavy atom. The highest BCUT2D eigenvalue weighted by Crippen LogP contribution is 2.13. The molecule has 0 aliphatic carbocycles. The Balaban J connectivity index is 3.23. The zero-order chi connectivity index (χ0) is 8.43. The van der Waals surface area contributed by atoms with Crippen molar-refractivity contribution in [2.24, 2.45) is 0 Å². The predicted octanol–water partition coefficient (Wildman–Crippen LogP) is 0.0231. The van der Waals surface area contributed by atoms with Gasteiger partial charge in [0.1, 0.15) is 5.82 Å². The summed E-state index contributed by atoms with van der Waals surface area (Å²) in [6.07, 6.45) is 0. The number of hydrogen-bond donors (Lipinski definition) is 2. The fourth-order valence-corrected chi connectivity index (χ4v) is 0.845. The standard InChI is InChI=1S/C7H11N3O/c1-10(2)7-5(8)3-4-6(11)9-7/h3-4H,8H2,1-2H3,(H,9,11). The monoisotopic (exact) mass is 153 g/mol. The van der Waals surface area contributed by atoms with E-state index in [4.69, 9.17) is 5.73 Å². The molecule has 1 aromatic heterocycles. The van der Waals surface area contributed by atoms with Crippen LogP contribution in [0.5, 0.6) is 0 Å². The summed E-state index contributed by atoms with van der Waals surface area (Å²) >= 11 is 0. The van der Waals surface area contributed by atoms with E-state index in [1.165, 1.54) is 6.07 Å². The van der Waals surface area contributed by atoms with Gasteiger partial charge in [-0.05, 0) is 6.07 Å². The molecule has 0 unspecified atom stereocenters. The normalized spacial score (nSPS) is 9.64. The molecule has 0 radical (unpaired) electrons. The van der Waals surface area contributed by atoms with Crippen LogP contribution in [-0.4, -0.2) is 19.1 Å². The van der Waals surface area contributed by atoms with Gasteiger partial charge in [-0.3, -0.25) is 4.79 Å². The molecule has 1 rings (SSSR count). The number of H-pyrrole nitrogens is 1. The first-order chi connectivity index (χ1) is 5.11. The fourth-order valence-electron chi connectivity index (χ4n) is 0.845. The number of anilines is 2. The number of nitrogens with zero attached hydrogens (tertiary/aromatic N) is 1. The number of rotatable bonds is 1. The first-order valence-electron chi connectivity index (χ1n) is 3.27. The largest absolute Gasteiger partial charge is 0.396 e. The molecule has 0 saturated heterocycles. The molecule has 4 heteroatoms. The number of nitrogen functional groups attached to an aromatic ring is 1. The number of nitrogens with two attached hydrogens (primary N) is 1. The average molecular weight is 153 g/mol. The molecule has 0 bridgehead atoms. The molecule has 0 aliphatic heterocycles. The molecule has 0 aliphatic rings. The number of hydrogen-bond acceptors (Lipinski definition) is 3. The summed E-state index contributed by atoms with van der Waals surface area (Å²) in [6.45, 7) is 0. The Kier molecular flexibility index (Phi) is 1.85. The van der Waals surface area contributed by atoms with E-state index >= 15 is 0 Å². The molecule has 0 fully saturated rings. The number of pyridine rings is 1. The molecule has 60 valence electrons. The molecule has 0 amide bonds. The van der Waals surface area contributed by atoms with Gasteiger partial charge in [-0.2, -0.15) is 0 Å². The second kappa shape index (κ2) is 2.65. The lowest BCUT2D eigenvalue weighted by molar-refractivity contribution is 1.05. The lowest BCUT2D eigenvalue weighted by Crippen LogP contribution is -2.17.